The van der Waals surface area contributed by atoms with Crippen LogP contribution in [0.2, 0.25) is 5.02 Å². The van der Waals surface area contributed by atoms with E-state index < -0.39 is 9.84 Å². The van der Waals surface area contributed by atoms with Crippen molar-refractivity contribution < 1.29 is 13.2 Å². The van der Waals surface area contributed by atoms with Crippen LogP contribution in [0.1, 0.15) is 10.4 Å². The highest BCUT2D eigenvalue weighted by Crippen LogP contribution is 2.30. The second kappa shape index (κ2) is 7.90. The topological polar surface area (TPSA) is 66.5 Å². The van der Waals surface area contributed by atoms with E-state index in [0.29, 0.717) is 16.3 Å². The number of amides is 1. The molecule has 2 aromatic carbocycles. The van der Waals surface area contributed by atoms with E-state index in [1.807, 2.05) is 23.9 Å². The average Bonchev–Trinajstić information content (AvgIpc) is 2.62. The smallest absolute Gasteiger partial charge is 0.255 e. The number of halogens is 1. The van der Waals surface area contributed by atoms with Crippen LogP contribution < -0.4 is 10.2 Å². The van der Waals surface area contributed by atoms with Crippen LogP contribution in [0.3, 0.4) is 0 Å². The second-order valence-electron chi connectivity index (χ2n) is 6.02. The van der Waals surface area contributed by atoms with Crippen molar-refractivity contribution in [3.63, 3.8) is 0 Å². The van der Waals surface area contributed by atoms with Gasteiger partial charge in [0.1, 0.15) is 0 Å². The number of sulfone groups is 1. The molecule has 1 N–H and O–H groups in total. The number of carbonyl (C=O) groups excluding carboxylic acids is 1. The Morgan fingerprint density at radius 3 is 2.35 bits per heavy atom. The Morgan fingerprint density at radius 2 is 1.77 bits per heavy atom. The standard InChI is InChI=1S/C18H19ClN2O3S2/c1-26(23,24)15-5-2-13(3-6-15)18(22)20-14-4-7-17(16(19)12-14)21-8-10-25-11-9-21/h2-7,12H,8-11H2,1H3,(H,20,22). The summed E-state index contributed by atoms with van der Waals surface area (Å²) in [6, 6.07) is 11.3. The fraction of sp³-hybridized carbons (Fsp3) is 0.278. The molecule has 0 aromatic heterocycles. The van der Waals surface area contributed by atoms with Gasteiger partial charge in [-0.1, -0.05) is 11.6 Å². The molecule has 0 aliphatic carbocycles. The minimum Gasteiger partial charge on any atom is -0.369 e. The van der Waals surface area contributed by atoms with Gasteiger partial charge in [-0.15, -0.1) is 0 Å². The maximum Gasteiger partial charge on any atom is 0.255 e. The van der Waals surface area contributed by atoms with Crippen molar-refractivity contribution in [1.82, 2.24) is 0 Å². The first kappa shape index (κ1) is 19.1. The fourth-order valence-corrected chi connectivity index (χ4v) is 4.54. The molecule has 5 nitrogen and oxygen atoms in total. The summed E-state index contributed by atoms with van der Waals surface area (Å²) >= 11 is 8.33. The van der Waals surface area contributed by atoms with E-state index >= 15 is 0 Å². The monoisotopic (exact) mass is 410 g/mol. The Morgan fingerprint density at radius 1 is 1.12 bits per heavy atom. The van der Waals surface area contributed by atoms with Crippen LogP contribution in [-0.2, 0) is 9.84 Å². The number of nitrogens with zero attached hydrogens (tertiary/aromatic N) is 1. The van der Waals surface area contributed by atoms with E-state index in [1.54, 1.807) is 6.07 Å². The minimum atomic E-state index is -3.28. The molecule has 0 unspecified atom stereocenters. The summed E-state index contributed by atoms with van der Waals surface area (Å²) in [5, 5.41) is 3.39. The van der Waals surface area contributed by atoms with Crippen LogP contribution in [0.25, 0.3) is 0 Å². The average molecular weight is 411 g/mol. The number of benzene rings is 2. The first-order valence-corrected chi connectivity index (χ1v) is 11.5. The first-order chi connectivity index (χ1) is 12.3. The molecule has 1 fully saturated rings. The zero-order valence-electron chi connectivity index (χ0n) is 14.2. The van der Waals surface area contributed by atoms with Gasteiger partial charge in [-0.05, 0) is 42.5 Å². The van der Waals surface area contributed by atoms with E-state index in [1.165, 1.54) is 24.3 Å². The van der Waals surface area contributed by atoms with Crippen molar-refractivity contribution in [2.24, 2.45) is 0 Å². The maximum atomic E-state index is 12.4. The van der Waals surface area contributed by atoms with Crippen molar-refractivity contribution in [3.05, 3.63) is 53.1 Å². The molecular weight excluding hydrogens is 392 g/mol. The molecule has 3 rings (SSSR count). The molecule has 8 heteroatoms. The molecule has 1 saturated heterocycles. The molecule has 2 aromatic rings. The summed E-state index contributed by atoms with van der Waals surface area (Å²) in [5.41, 5.74) is 1.95. The summed E-state index contributed by atoms with van der Waals surface area (Å²) in [4.78, 5) is 14.8. The van der Waals surface area contributed by atoms with Gasteiger partial charge in [-0.2, -0.15) is 11.8 Å². The highest BCUT2D eigenvalue weighted by molar-refractivity contribution is 7.99. The molecule has 0 bridgehead atoms. The summed E-state index contributed by atoms with van der Waals surface area (Å²) in [7, 11) is -3.28. The van der Waals surface area contributed by atoms with E-state index in [9.17, 15) is 13.2 Å². The molecule has 0 radical (unpaired) electrons. The van der Waals surface area contributed by atoms with Crippen LogP contribution in [0, 0.1) is 0 Å². The van der Waals surface area contributed by atoms with Gasteiger partial charge in [-0.25, -0.2) is 8.42 Å². The zero-order valence-corrected chi connectivity index (χ0v) is 16.6. The minimum absolute atomic E-state index is 0.182. The lowest BCUT2D eigenvalue weighted by Crippen LogP contribution is -2.32. The van der Waals surface area contributed by atoms with Crippen molar-refractivity contribution in [1.29, 1.82) is 0 Å². The van der Waals surface area contributed by atoms with Gasteiger partial charge < -0.3 is 10.2 Å². The third kappa shape index (κ3) is 4.52. The number of hydrogen-bond acceptors (Lipinski definition) is 5. The molecule has 26 heavy (non-hydrogen) atoms. The molecule has 1 aliphatic heterocycles. The number of carbonyl (C=O) groups is 1. The Hall–Kier alpha value is -1.70. The summed E-state index contributed by atoms with van der Waals surface area (Å²) < 4.78 is 23.0. The normalized spacial score (nSPS) is 14.9. The maximum absolute atomic E-state index is 12.4. The number of anilines is 2. The third-order valence-electron chi connectivity index (χ3n) is 4.10. The molecular formula is C18H19ClN2O3S2. The van der Waals surface area contributed by atoms with Crippen molar-refractivity contribution in [2.45, 2.75) is 4.90 Å². The highest BCUT2D eigenvalue weighted by Gasteiger charge is 2.15. The van der Waals surface area contributed by atoms with Crippen molar-refractivity contribution >= 4 is 50.5 Å². The van der Waals surface area contributed by atoms with Gasteiger partial charge in [-0.3, -0.25) is 4.79 Å². The van der Waals surface area contributed by atoms with Crippen LogP contribution in [0.4, 0.5) is 11.4 Å². The second-order valence-corrected chi connectivity index (χ2v) is 9.66. The summed E-state index contributed by atoms with van der Waals surface area (Å²) in [5.74, 6) is 1.85. The number of nitrogens with one attached hydrogen (secondary N) is 1. The molecule has 138 valence electrons. The number of thioether (sulfide) groups is 1. The Kier molecular flexibility index (Phi) is 5.79. The Labute approximate surface area is 162 Å². The SMILES string of the molecule is CS(=O)(=O)c1ccc(C(=O)Nc2ccc(N3CCSCC3)c(Cl)c2)cc1. The lowest BCUT2D eigenvalue weighted by atomic mass is 10.2. The molecule has 0 saturated carbocycles. The first-order valence-electron chi connectivity index (χ1n) is 8.08. The molecule has 1 heterocycles. The van der Waals surface area contributed by atoms with E-state index in [2.05, 4.69) is 10.2 Å². The van der Waals surface area contributed by atoms with E-state index in [-0.39, 0.29) is 10.8 Å². The van der Waals surface area contributed by atoms with Gasteiger partial charge in [0.2, 0.25) is 0 Å². The van der Waals surface area contributed by atoms with Crippen LogP contribution in [-0.4, -0.2) is 45.2 Å². The predicted molar refractivity (Wildman–Crippen MR) is 108 cm³/mol. The molecule has 1 aliphatic rings. The van der Waals surface area contributed by atoms with Gasteiger partial charge in [0, 0.05) is 42.1 Å². The Balaban J connectivity index is 1.72. The number of rotatable bonds is 4. The van der Waals surface area contributed by atoms with Crippen LogP contribution in [0.15, 0.2) is 47.4 Å². The predicted octanol–water partition coefficient (Wildman–Crippen LogP) is 3.55. The van der Waals surface area contributed by atoms with E-state index in [0.717, 1.165) is 36.5 Å². The van der Waals surface area contributed by atoms with Gasteiger partial charge in [0.25, 0.3) is 5.91 Å². The molecule has 1 amide bonds. The zero-order chi connectivity index (χ0) is 18.7. The quantitative estimate of drug-likeness (QED) is 0.834. The lowest BCUT2D eigenvalue weighted by molar-refractivity contribution is 0.102. The largest absolute Gasteiger partial charge is 0.369 e. The summed E-state index contributed by atoms with van der Waals surface area (Å²) in [6.07, 6.45) is 1.13. The number of hydrogen-bond donors (Lipinski definition) is 1. The van der Waals surface area contributed by atoms with Gasteiger partial charge in [0.15, 0.2) is 9.84 Å². The molecule has 0 spiro atoms. The fourth-order valence-electron chi connectivity index (χ4n) is 2.70. The van der Waals surface area contributed by atoms with Gasteiger partial charge >= 0.3 is 0 Å². The highest BCUT2D eigenvalue weighted by atomic mass is 35.5. The van der Waals surface area contributed by atoms with Crippen LogP contribution in [0.5, 0.6) is 0 Å². The Bertz CT molecular complexity index is 909. The van der Waals surface area contributed by atoms with Crippen LogP contribution >= 0.6 is 23.4 Å². The summed E-state index contributed by atoms with van der Waals surface area (Å²) in [6.45, 7) is 1.92. The third-order valence-corrected chi connectivity index (χ3v) is 6.48. The lowest BCUT2D eigenvalue weighted by Gasteiger charge is -2.29. The van der Waals surface area contributed by atoms with Crippen molar-refractivity contribution in [3.8, 4) is 0 Å². The van der Waals surface area contributed by atoms with E-state index in [4.69, 9.17) is 11.6 Å². The molecule has 0 atom stereocenters. The van der Waals surface area contributed by atoms with Gasteiger partial charge in [0.05, 0.1) is 15.6 Å². The van der Waals surface area contributed by atoms with Crippen molar-refractivity contribution in [2.75, 3.05) is 41.1 Å².